The van der Waals surface area contributed by atoms with E-state index in [4.69, 9.17) is 14.7 Å². The van der Waals surface area contributed by atoms with Gasteiger partial charge in [-0.1, -0.05) is 12.1 Å². The minimum atomic E-state index is -0.596. The summed E-state index contributed by atoms with van der Waals surface area (Å²) in [6.07, 6.45) is 2.98. The highest BCUT2D eigenvalue weighted by Gasteiger charge is 2.06. The second-order valence-electron chi connectivity index (χ2n) is 4.96. The highest BCUT2D eigenvalue weighted by Crippen LogP contribution is 2.29. The largest absolute Gasteiger partial charge is 0.493 e. The fraction of sp³-hybridized carbons (Fsp3) is 0.111. The topological polar surface area (TPSA) is 96.9 Å². The van der Waals surface area contributed by atoms with E-state index in [2.05, 4.69) is 5.32 Å². The molecular weight excluding hydrogens is 324 g/mol. The van der Waals surface area contributed by atoms with Gasteiger partial charge in [0.15, 0.2) is 11.5 Å². The number of hydrogen-bond donors (Lipinski definition) is 3. The Balaban J connectivity index is 2.02. The summed E-state index contributed by atoms with van der Waals surface area (Å²) < 4.78 is 10.3. The second-order valence-corrected chi connectivity index (χ2v) is 4.96. The van der Waals surface area contributed by atoms with Gasteiger partial charge in [-0.25, -0.2) is 5.48 Å². The Bertz CT molecular complexity index is 785. The molecule has 7 nitrogen and oxygen atoms in total. The first-order valence-electron chi connectivity index (χ1n) is 7.33. The summed E-state index contributed by atoms with van der Waals surface area (Å²) in [5.74, 6) is 0.177. The monoisotopic (exact) mass is 342 g/mol. The number of rotatable bonds is 6. The van der Waals surface area contributed by atoms with Crippen LogP contribution >= 0.6 is 0 Å². The lowest BCUT2D eigenvalue weighted by atomic mass is 10.1. The molecule has 25 heavy (non-hydrogen) atoms. The van der Waals surface area contributed by atoms with Gasteiger partial charge in [0.05, 0.1) is 14.2 Å². The number of hydroxylamine groups is 1. The van der Waals surface area contributed by atoms with Crippen LogP contribution in [0.1, 0.15) is 15.9 Å². The van der Waals surface area contributed by atoms with Gasteiger partial charge >= 0.3 is 0 Å². The van der Waals surface area contributed by atoms with Crippen molar-refractivity contribution in [3.05, 3.63) is 59.7 Å². The van der Waals surface area contributed by atoms with Gasteiger partial charge in [0, 0.05) is 23.4 Å². The maximum Gasteiger partial charge on any atom is 0.274 e. The van der Waals surface area contributed by atoms with Crippen LogP contribution in [0.2, 0.25) is 0 Å². The molecular formula is C18H18N2O5. The lowest BCUT2D eigenvalue weighted by Gasteiger charge is -2.09. The molecule has 0 aliphatic rings. The van der Waals surface area contributed by atoms with E-state index < -0.39 is 5.91 Å². The van der Waals surface area contributed by atoms with E-state index in [9.17, 15) is 9.59 Å². The first kappa shape index (κ1) is 18.0. The van der Waals surface area contributed by atoms with E-state index in [0.717, 1.165) is 5.56 Å². The minimum absolute atomic E-state index is 0.314. The fourth-order valence-electron chi connectivity index (χ4n) is 2.08. The third-order valence-corrected chi connectivity index (χ3v) is 3.35. The summed E-state index contributed by atoms with van der Waals surface area (Å²) >= 11 is 0. The summed E-state index contributed by atoms with van der Waals surface area (Å²) in [5, 5.41) is 11.3. The van der Waals surface area contributed by atoms with Crippen molar-refractivity contribution >= 4 is 23.6 Å². The maximum atomic E-state index is 12.0. The number of carbonyl (C=O) groups excluding carboxylic acids is 2. The number of hydrogen-bond acceptors (Lipinski definition) is 5. The van der Waals surface area contributed by atoms with Crippen LogP contribution in [0.5, 0.6) is 11.5 Å². The molecule has 0 bridgehead atoms. The van der Waals surface area contributed by atoms with Gasteiger partial charge < -0.3 is 14.8 Å². The molecule has 0 aliphatic heterocycles. The van der Waals surface area contributed by atoms with Crippen LogP contribution in [0, 0.1) is 0 Å². The molecule has 0 aliphatic carbocycles. The normalized spacial score (nSPS) is 10.4. The number of anilines is 1. The summed E-state index contributed by atoms with van der Waals surface area (Å²) in [6, 6.07) is 11.5. The average molecular weight is 342 g/mol. The molecule has 2 aromatic rings. The highest BCUT2D eigenvalue weighted by atomic mass is 16.5. The van der Waals surface area contributed by atoms with Crippen molar-refractivity contribution in [2.75, 3.05) is 19.5 Å². The molecule has 0 saturated heterocycles. The minimum Gasteiger partial charge on any atom is -0.493 e. The van der Waals surface area contributed by atoms with Gasteiger partial charge in [-0.05, 0) is 35.9 Å². The van der Waals surface area contributed by atoms with Gasteiger partial charge in [0.1, 0.15) is 0 Å². The number of ether oxygens (including phenoxy) is 2. The summed E-state index contributed by atoms with van der Waals surface area (Å²) in [5.41, 5.74) is 3.17. The molecule has 3 N–H and O–H groups in total. The molecule has 0 fully saturated rings. The number of benzene rings is 2. The summed E-state index contributed by atoms with van der Waals surface area (Å²) in [6.45, 7) is 0. The Kier molecular flexibility index (Phi) is 6.14. The SMILES string of the molecule is COc1ccc(NC(=O)C=Cc2ccc(C(=O)NO)cc2)cc1OC. The molecule has 0 aromatic heterocycles. The number of amides is 2. The molecule has 0 radical (unpaired) electrons. The Hall–Kier alpha value is -3.32. The Labute approximate surface area is 144 Å². The van der Waals surface area contributed by atoms with E-state index in [1.807, 2.05) is 0 Å². The molecule has 2 rings (SSSR count). The predicted molar refractivity (Wildman–Crippen MR) is 92.9 cm³/mol. The van der Waals surface area contributed by atoms with Crippen molar-refractivity contribution in [1.29, 1.82) is 0 Å². The second kappa shape index (κ2) is 8.51. The van der Waals surface area contributed by atoms with Gasteiger partial charge in [0.2, 0.25) is 5.91 Å². The lowest BCUT2D eigenvalue weighted by molar-refractivity contribution is -0.111. The molecule has 2 aromatic carbocycles. The van der Waals surface area contributed by atoms with Crippen LogP contribution < -0.4 is 20.3 Å². The van der Waals surface area contributed by atoms with Crippen LogP contribution in [0.3, 0.4) is 0 Å². The first-order valence-corrected chi connectivity index (χ1v) is 7.33. The van der Waals surface area contributed by atoms with Crippen molar-refractivity contribution in [2.45, 2.75) is 0 Å². The third kappa shape index (κ3) is 4.82. The molecule has 130 valence electrons. The van der Waals surface area contributed by atoms with Crippen LogP contribution in [-0.2, 0) is 4.79 Å². The molecule has 0 spiro atoms. The van der Waals surface area contributed by atoms with Gasteiger partial charge in [-0.3, -0.25) is 14.8 Å². The zero-order valence-corrected chi connectivity index (χ0v) is 13.8. The van der Waals surface area contributed by atoms with Crippen molar-refractivity contribution in [3.8, 4) is 11.5 Å². The Morgan fingerprint density at radius 3 is 2.28 bits per heavy atom. The molecule has 0 atom stereocenters. The molecule has 2 amide bonds. The van der Waals surface area contributed by atoms with Gasteiger partial charge in [-0.15, -0.1) is 0 Å². The van der Waals surface area contributed by atoms with Crippen LogP contribution in [0.4, 0.5) is 5.69 Å². The lowest BCUT2D eigenvalue weighted by Crippen LogP contribution is -2.18. The maximum absolute atomic E-state index is 12.0. The quantitative estimate of drug-likeness (QED) is 0.426. The van der Waals surface area contributed by atoms with E-state index in [1.54, 1.807) is 41.9 Å². The fourth-order valence-corrected chi connectivity index (χ4v) is 2.08. The summed E-state index contributed by atoms with van der Waals surface area (Å²) in [7, 11) is 3.05. The van der Waals surface area contributed by atoms with E-state index in [-0.39, 0.29) is 5.91 Å². The van der Waals surface area contributed by atoms with Crippen molar-refractivity contribution in [1.82, 2.24) is 5.48 Å². The molecule has 7 heteroatoms. The van der Waals surface area contributed by atoms with Crippen LogP contribution in [0.15, 0.2) is 48.5 Å². The van der Waals surface area contributed by atoms with Crippen LogP contribution in [0.25, 0.3) is 6.08 Å². The standard InChI is InChI=1S/C18H18N2O5/c1-24-15-9-8-14(11-16(15)25-2)19-17(21)10-5-12-3-6-13(7-4-12)18(22)20-23/h3-11,23H,1-2H3,(H,19,21)(H,20,22). The molecule has 0 saturated carbocycles. The number of nitrogens with one attached hydrogen (secondary N) is 2. The average Bonchev–Trinajstić information content (AvgIpc) is 2.66. The van der Waals surface area contributed by atoms with Crippen LogP contribution in [-0.4, -0.2) is 31.2 Å². The zero-order chi connectivity index (χ0) is 18.2. The van der Waals surface area contributed by atoms with Crippen molar-refractivity contribution < 1.29 is 24.3 Å². The smallest absolute Gasteiger partial charge is 0.274 e. The Morgan fingerprint density at radius 2 is 1.68 bits per heavy atom. The predicted octanol–water partition coefficient (Wildman–Crippen LogP) is 2.47. The Morgan fingerprint density at radius 1 is 1.00 bits per heavy atom. The van der Waals surface area contributed by atoms with Gasteiger partial charge in [0.25, 0.3) is 5.91 Å². The first-order chi connectivity index (χ1) is 12.1. The summed E-state index contributed by atoms with van der Waals surface area (Å²) in [4.78, 5) is 23.2. The number of methoxy groups -OCH3 is 2. The third-order valence-electron chi connectivity index (χ3n) is 3.35. The van der Waals surface area contributed by atoms with E-state index >= 15 is 0 Å². The zero-order valence-electron chi connectivity index (χ0n) is 13.8. The van der Waals surface area contributed by atoms with Crippen molar-refractivity contribution in [3.63, 3.8) is 0 Å². The molecule has 0 heterocycles. The molecule has 0 unspecified atom stereocenters. The van der Waals surface area contributed by atoms with E-state index in [0.29, 0.717) is 22.7 Å². The highest BCUT2D eigenvalue weighted by molar-refractivity contribution is 6.02. The van der Waals surface area contributed by atoms with E-state index in [1.165, 1.54) is 32.4 Å². The van der Waals surface area contributed by atoms with Gasteiger partial charge in [-0.2, -0.15) is 0 Å². The van der Waals surface area contributed by atoms with Crippen molar-refractivity contribution in [2.24, 2.45) is 0 Å². The number of carbonyl (C=O) groups is 2.